The van der Waals surface area contributed by atoms with Crippen molar-refractivity contribution >= 4 is 38.4 Å². The van der Waals surface area contributed by atoms with E-state index in [0.717, 1.165) is 4.90 Å². The Kier molecular flexibility index (Phi) is 6.23. The van der Waals surface area contributed by atoms with Crippen molar-refractivity contribution in [3.05, 3.63) is 33.8 Å². The molecule has 0 spiro atoms. The van der Waals surface area contributed by atoms with E-state index < -0.39 is 27.8 Å². The summed E-state index contributed by atoms with van der Waals surface area (Å²) in [6.07, 6.45) is -1.56. The summed E-state index contributed by atoms with van der Waals surface area (Å²) in [7, 11) is -8.91. The second-order valence-electron chi connectivity index (χ2n) is 4.18. The first-order valence-corrected chi connectivity index (χ1v) is 9.57. The van der Waals surface area contributed by atoms with Gasteiger partial charge in [-0.2, -0.15) is 0 Å². The molecule has 0 aromatic heterocycles. The zero-order chi connectivity index (χ0) is 15.6. The van der Waals surface area contributed by atoms with Crippen molar-refractivity contribution in [2.24, 2.45) is 0 Å². The topological polar surface area (TPSA) is 118 Å². The zero-order valence-electron chi connectivity index (χ0n) is 10.1. The Balaban J connectivity index is 2.94. The fraction of sp³-hybridized carbons (Fsp3) is 0.333. The lowest BCUT2D eigenvalue weighted by atomic mass is 10.2. The van der Waals surface area contributed by atoms with E-state index in [1.54, 1.807) is 0 Å². The first kappa shape index (κ1) is 18.1. The monoisotopic (exact) mass is 363 g/mol. The molecule has 0 saturated heterocycles. The molecule has 0 fully saturated rings. The van der Waals surface area contributed by atoms with Gasteiger partial charge in [0.15, 0.2) is 0 Å². The quantitative estimate of drug-likeness (QED) is 0.571. The predicted molar refractivity (Wildman–Crippen MR) is 75.8 cm³/mol. The fourth-order valence-electron chi connectivity index (χ4n) is 1.56. The van der Waals surface area contributed by atoms with E-state index in [1.165, 1.54) is 18.2 Å². The van der Waals surface area contributed by atoms with Crippen molar-refractivity contribution in [2.75, 3.05) is 12.6 Å². The van der Waals surface area contributed by atoms with Gasteiger partial charge in [-0.1, -0.05) is 29.3 Å². The average molecular weight is 364 g/mol. The van der Waals surface area contributed by atoms with E-state index >= 15 is 0 Å². The molecule has 0 saturated carbocycles. The van der Waals surface area contributed by atoms with Crippen LogP contribution in [-0.2, 0) is 15.7 Å². The molecule has 1 aromatic carbocycles. The molecule has 0 radical (unpaired) electrons. The van der Waals surface area contributed by atoms with Crippen LogP contribution in [0.3, 0.4) is 0 Å². The van der Waals surface area contributed by atoms with Crippen molar-refractivity contribution < 1.29 is 28.7 Å². The van der Waals surface area contributed by atoms with E-state index in [-0.39, 0.29) is 11.6 Å². The van der Waals surface area contributed by atoms with E-state index in [2.05, 4.69) is 0 Å². The third-order valence-corrected chi connectivity index (χ3v) is 4.30. The highest BCUT2D eigenvalue weighted by atomic mass is 35.5. The van der Waals surface area contributed by atoms with Crippen molar-refractivity contribution in [3.63, 3.8) is 0 Å². The Bertz CT molecular complexity index is 548. The smallest absolute Gasteiger partial charge is 0.324 e. The van der Waals surface area contributed by atoms with Crippen LogP contribution in [0.25, 0.3) is 0 Å². The molecule has 0 amide bonds. The van der Waals surface area contributed by atoms with Gasteiger partial charge in [0, 0.05) is 16.6 Å². The summed E-state index contributed by atoms with van der Waals surface area (Å²) in [4.78, 5) is 36.7. The van der Waals surface area contributed by atoms with Gasteiger partial charge in [-0.3, -0.25) is 14.0 Å². The van der Waals surface area contributed by atoms with Crippen LogP contribution in [-0.4, -0.2) is 37.0 Å². The third kappa shape index (κ3) is 7.18. The summed E-state index contributed by atoms with van der Waals surface area (Å²) in [6, 6.07) is 4.48. The van der Waals surface area contributed by atoms with E-state index in [4.69, 9.17) is 42.8 Å². The van der Waals surface area contributed by atoms with Crippen molar-refractivity contribution in [1.29, 1.82) is 0 Å². The average Bonchev–Trinajstić information content (AvgIpc) is 2.17. The summed E-state index contributed by atoms with van der Waals surface area (Å²) in [5.74, 6) is 0. The number of rotatable bonds is 6. The molecule has 4 N–H and O–H groups in total. The van der Waals surface area contributed by atoms with E-state index in [0.29, 0.717) is 10.6 Å². The first-order valence-electron chi connectivity index (χ1n) is 5.22. The lowest BCUT2D eigenvalue weighted by Crippen LogP contribution is -2.25. The Morgan fingerprint density at radius 3 is 1.90 bits per heavy atom. The second-order valence-corrected chi connectivity index (χ2v) is 8.24. The molecule has 114 valence electrons. The molecule has 0 atom stereocenters. The third-order valence-electron chi connectivity index (χ3n) is 2.18. The van der Waals surface area contributed by atoms with Crippen molar-refractivity contribution in [1.82, 2.24) is 4.90 Å². The van der Waals surface area contributed by atoms with Gasteiger partial charge in [-0.05, 0) is 17.7 Å². The summed E-state index contributed by atoms with van der Waals surface area (Å²) < 4.78 is 22.0. The van der Waals surface area contributed by atoms with Crippen LogP contribution in [0.4, 0.5) is 0 Å². The van der Waals surface area contributed by atoms with Gasteiger partial charge in [0.1, 0.15) is 12.6 Å². The van der Waals surface area contributed by atoms with Crippen LogP contribution in [0.2, 0.25) is 10.0 Å². The first-order chi connectivity index (χ1) is 8.96. The van der Waals surface area contributed by atoms with Crippen LogP contribution in [0.1, 0.15) is 5.56 Å². The maximum absolute atomic E-state index is 11.0. The highest BCUT2D eigenvalue weighted by molar-refractivity contribution is 7.52. The Hall–Kier alpha value is 0.0600. The number of nitrogens with zero attached hydrogens (tertiary/aromatic N) is 1. The van der Waals surface area contributed by atoms with E-state index in [1.807, 2.05) is 0 Å². The molecule has 20 heavy (non-hydrogen) atoms. The Labute approximate surface area is 125 Å². The number of hydrogen-bond donors (Lipinski definition) is 4. The molecule has 11 heteroatoms. The molecule has 0 aliphatic carbocycles. The molecule has 0 aliphatic rings. The molecule has 7 nitrogen and oxygen atoms in total. The van der Waals surface area contributed by atoms with Gasteiger partial charge >= 0.3 is 15.2 Å². The molecule has 1 rings (SSSR count). The van der Waals surface area contributed by atoms with Gasteiger partial charge in [0.25, 0.3) is 0 Å². The van der Waals surface area contributed by atoms with Crippen LogP contribution in [0.15, 0.2) is 18.2 Å². The van der Waals surface area contributed by atoms with Crippen molar-refractivity contribution in [2.45, 2.75) is 6.54 Å². The summed E-state index contributed by atoms with van der Waals surface area (Å²) in [6.45, 7) is -0.119. The Morgan fingerprint density at radius 1 is 1.00 bits per heavy atom. The van der Waals surface area contributed by atoms with Gasteiger partial charge in [-0.15, -0.1) is 0 Å². The summed E-state index contributed by atoms with van der Waals surface area (Å²) in [5.41, 5.74) is 0.456. The van der Waals surface area contributed by atoms with Gasteiger partial charge in [-0.25, -0.2) is 0 Å². The normalized spacial score (nSPS) is 12.9. The predicted octanol–water partition coefficient (Wildman–Crippen LogP) is 2.07. The maximum atomic E-state index is 11.0. The minimum Gasteiger partial charge on any atom is -0.324 e. The zero-order valence-corrected chi connectivity index (χ0v) is 13.4. The molecule has 0 bridgehead atoms. The number of halogens is 2. The Morgan fingerprint density at radius 2 is 1.50 bits per heavy atom. The number of hydrogen-bond acceptors (Lipinski definition) is 3. The molecule has 0 heterocycles. The molecule has 0 aliphatic heterocycles. The highest BCUT2D eigenvalue weighted by Crippen LogP contribution is 2.41. The van der Waals surface area contributed by atoms with Crippen LogP contribution < -0.4 is 0 Å². The lowest BCUT2D eigenvalue weighted by Gasteiger charge is -2.23. The van der Waals surface area contributed by atoms with Gasteiger partial charge in [0.2, 0.25) is 0 Å². The fourth-order valence-corrected chi connectivity index (χ4v) is 3.62. The van der Waals surface area contributed by atoms with Crippen LogP contribution in [0.5, 0.6) is 0 Å². The molecular weight excluding hydrogens is 351 g/mol. The number of benzene rings is 1. The summed E-state index contributed by atoms with van der Waals surface area (Å²) >= 11 is 11.6. The highest BCUT2D eigenvalue weighted by Gasteiger charge is 2.26. The molecule has 1 aromatic rings. The van der Waals surface area contributed by atoms with Gasteiger partial charge < -0.3 is 19.6 Å². The van der Waals surface area contributed by atoms with Crippen molar-refractivity contribution in [3.8, 4) is 0 Å². The van der Waals surface area contributed by atoms with E-state index in [9.17, 15) is 9.13 Å². The summed E-state index contributed by atoms with van der Waals surface area (Å²) in [5, 5.41) is 0.634. The minimum atomic E-state index is -4.46. The standard InChI is InChI=1S/C9H13Cl2NO6P2/c10-8-2-1-7(9(11)3-8)4-12(5-19(13,14)15)6-20(16,17)18/h1-3H,4-6H2,(H2,13,14,15)(H2,16,17,18). The molecular formula is C9H13Cl2NO6P2. The lowest BCUT2D eigenvalue weighted by molar-refractivity contribution is 0.273. The SMILES string of the molecule is O=P(O)(O)CN(Cc1ccc(Cl)cc1Cl)CP(=O)(O)O. The second kappa shape index (κ2) is 6.88. The maximum Gasteiger partial charge on any atom is 0.339 e. The largest absolute Gasteiger partial charge is 0.339 e. The van der Waals surface area contributed by atoms with Crippen LogP contribution >= 0.6 is 38.4 Å². The van der Waals surface area contributed by atoms with Gasteiger partial charge in [0.05, 0.1) is 0 Å². The minimum absolute atomic E-state index is 0.119. The molecule has 0 unspecified atom stereocenters. The van der Waals surface area contributed by atoms with Crippen LogP contribution in [0, 0.1) is 0 Å².